The van der Waals surface area contributed by atoms with Crippen molar-refractivity contribution in [1.29, 1.82) is 0 Å². The van der Waals surface area contributed by atoms with Crippen molar-refractivity contribution in [2.75, 3.05) is 24.5 Å². The molecule has 0 saturated carbocycles. The standard InChI is InChI=1S/C17H22ClN3O2.ClH/c1-11-9-19-7-6-14(11)20-17(23)12-8-16(22)21(10-12)15-5-3-2-4-13(15)18;/h2-5,11-12,14,19H,6-10H2,1H3,(H,20,23);1H. The maximum atomic E-state index is 12.5. The Bertz CT molecular complexity index is 611. The summed E-state index contributed by atoms with van der Waals surface area (Å²) < 4.78 is 0. The van der Waals surface area contributed by atoms with Gasteiger partial charge in [-0.3, -0.25) is 9.59 Å². The number of nitrogens with zero attached hydrogens (tertiary/aromatic N) is 1. The highest BCUT2D eigenvalue weighted by Gasteiger charge is 2.37. The van der Waals surface area contributed by atoms with Crippen LogP contribution in [0.5, 0.6) is 0 Å². The lowest BCUT2D eigenvalue weighted by molar-refractivity contribution is -0.127. The second kappa shape index (κ2) is 8.19. The van der Waals surface area contributed by atoms with Crippen molar-refractivity contribution < 1.29 is 9.59 Å². The van der Waals surface area contributed by atoms with Gasteiger partial charge in [0.15, 0.2) is 0 Å². The van der Waals surface area contributed by atoms with Gasteiger partial charge < -0.3 is 15.5 Å². The van der Waals surface area contributed by atoms with E-state index in [0.29, 0.717) is 23.2 Å². The van der Waals surface area contributed by atoms with Crippen molar-refractivity contribution in [3.8, 4) is 0 Å². The molecule has 2 saturated heterocycles. The van der Waals surface area contributed by atoms with E-state index in [4.69, 9.17) is 11.6 Å². The van der Waals surface area contributed by atoms with E-state index in [9.17, 15) is 9.59 Å². The number of hydrogen-bond donors (Lipinski definition) is 2. The molecule has 0 spiro atoms. The monoisotopic (exact) mass is 371 g/mol. The molecule has 0 aliphatic carbocycles. The molecule has 0 bridgehead atoms. The second-order valence-corrected chi connectivity index (χ2v) is 6.85. The van der Waals surface area contributed by atoms with Gasteiger partial charge in [0.25, 0.3) is 0 Å². The molecule has 3 atom stereocenters. The Morgan fingerprint density at radius 1 is 1.38 bits per heavy atom. The molecule has 2 N–H and O–H groups in total. The number of piperidine rings is 1. The van der Waals surface area contributed by atoms with Crippen LogP contribution in [0.25, 0.3) is 0 Å². The molecule has 1 aromatic carbocycles. The van der Waals surface area contributed by atoms with Crippen molar-refractivity contribution in [3.63, 3.8) is 0 Å². The summed E-state index contributed by atoms with van der Waals surface area (Å²) in [6.07, 6.45) is 1.18. The highest BCUT2D eigenvalue weighted by molar-refractivity contribution is 6.33. The van der Waals surface area contributed by atoms with Gasteiger partial charge in [0.1, 0.15) is 0 Å². The molecule has 2 heterocycles. The minimum absolute atomic E-state index is 0. The van der Waals surface area contributed by atoms with E-state index in [2.05, 4.69) is 17.6 Å². The average Bonchev–Trinajstić information content (AvgIpc) is 2.92. The summed E-state index contributed by atoms with van der Waals surface area (Å²) >= 11 is 6.17. The van der Waals surface area contributed by atoms with Crippen molar-refractivity contribution >= 4 is 41.5 Å². The van der Waals surface area contributed by atoms with Gasteiger partial charge in [-0.2, -0.15) is 0 Å². The molecule has 2 amide bonds. The summed E-state index contributed by atoms with van der Waals surface area (Å²) in [7, 11) is 0. The molecular weight excluding hydrogens is 349 g/mol. The topological polar surface area (TPSA) is 61.4 Å². The average molecular weight is 372 g/mol. The van der Waals surface area contributed by atoms with Gasteiger partial charge >= 0.3 is 0 Å². The maximum Gasteiger partial charge on any atom is 0.227 e. The Labute approximate surface area is 153 Å². The normalized spacial score (nSPS) is 26.8. The van der Waals surface area contributed by atoms with Crippen molar-refractivity contribution in [3.05, 3.63) is 29.3 Å². The summed E-state index contributed by atoms with van der Waals surface area (Å²) in [5.41, 5.74) is 0.685. The number of amides is 2. The van der Waals surface area contributed by atoms with E-state index in [1.54, 1.807) is 11.0 Å². The Morgan fingerprint density at radius 3 is 2.83 bits per heavy atom. The van der Waals surface area contributed by atoms with Crippen LogP contribution in [0.4, 0.5) is 5.69 Å². The predicted molar refractivity (Wildman–Crippen MR) is 97.7 cm³/mol. The molecule has 1 aromatic rings. The smallest absolute Gasteiger partial charge is 0.227 e. The molecule has 3 rings (SSSR count). The van der Waals surface area contributed by atoms with Gasteiger partial charge in [-0.25, -0.2) is 0 Å². The number of carbonyl (C=O) groups excluding carboxylic acids is 2. The van der Waals surface area contributed by atoms with Gasteiger partial charge in [0.2, 0.25) is 11.8 Å². The lowest BCUT2D eigenvalue weighted by atomic mass is 9.94. The number of carbonyl (C=O) groups is 2. The number of nitrogens with one attached hydrogen (secondary N) is 2. The molecule has 0 radical (unpaired) electrons. The largest absolute Gasteiger partial charge is 0.353 e. The summed E-state index contributed by atoms with van der Waals surface area (Å²) in [5, 5.41) is 6.98. The zero-order valence-electron chi connectivity index (χ0n) is 13.6. The van der Waals surface area contributed by atoms with Gasteiger partial charge in [-0.15, -0.1) is 12.4 Å². The fourth-order valence-corrected chi connectivity index (χ4v) is 3.55. The second-order valence-electron chi connectivity index (χ2n) is 6.44. The Kier molecular flexibility index (Phi) is 6.49. The van der Waals surface area contributed by atoms with Gasteiger partial charge in [-0.05, 0) is 37.6 Å². The van der Waals surface area contributed by atoms with Gasteiger partial charge in [0, 0.05) is 19.0 Å². The fourth-order valence-electron chi connectivity index (χ4n) is 3.32. The van der Waals surface area contributed by atoms with E-state index in [1.165, 1.54) is 0 Å². The van der Waals surface area contributed by atoms with Crippen LogP contribution in [-0.2, 0) is 9.59 Å². The van der Waals surface area contributed by atoms with E-state index in [1.807, 2.05) is 18.2 Å². The number of halogens is 2. The minimum atomic E-state index is -0.305. The van der Waals surface area contributed by atoms with Crippen LogP contribution in [0.1, 0.15) is 19.8 Å². The SMILES string of the molecule is CC1CNCCC1NC(=O)C1CC(=O)N(c2ccccc2Cl)C1.Cl. The summed E-state index contributed by atoms with van der Waals surface area (Å²) in [4.78, 5) is 26.4. The first kappa shape index (κ1) is 19.0. The zero-order valence-corrected chi connectivity index (χ0v) is 15.2. The third-order valence-electron chi connectivity index (χ3n) is 4.75. The summed E-state index contributed by atoms with van der Waals surface area (Å²) in [6.45, 7) is 4.37. The van der Waals surface area contributed by atoms with Crippen LogP contribution < -0.4 is 15.5 Å². The lowest BCUT2D eigenvalue weighted by Gasteiger charge is -2.31. The third kappa shape index (κ3) is 4.02. The van der Waals surface area contributed by atoms with Crippen molar-refractivity contribution in [2.45, 2.75) is 25.8 Å². The summed E-state index contributed by atoms with van der Waals surface area (Å²) in [5.74, 6) is 0.0357. The molecule has 0 aromatic heterocycles. The first-order valence-corrected chi connectivity index (χ1v) is 8.50. The molecule has 3 unspecified atom stereocenters. The summed E-state index contributed by atoms with van der Waals surface area (Å²) in [6, 6.07) is 7.44. The quantitative estimate of drug-likeness (QED) is 0.856. The van der Waals surface area contributed by atoms with Crippen LogP contribution in [0.15, 0.2) is 24.3 Å². The Hall–Kier alpha value is -1.30. The van der Waals surface area contributed by atoms with Crippen LogP contribution in [0.2, 0.25) is 5.02 Å². The van der Waals surface area contributed by atoms with E-state index in [0.717, 1.165) is 19.5 Å². The van der Waals surface area contributed by atoms with Crippen LogP contribution in [0.3, 0.4) is 0 Å². The van der Waals surface area contributed by atoms with E-state index in [-0.39, 0.29) is 42.6 Å². The van der Waals surface area contributed by atoms with Crippen LogP contribution in [0, 0.1) is 11.8 Å². The molecule has 24 heavy (non-hydrogen) atoms. The van der Waals surface area contributed by atoms with Gasteiger partial charge in [-0.1, -0.05) is 30.7 Å². The van der Waals surface area contributed by atoms with Crippen molar-refractivity contribution in [2.24, 2.45) is 11.8 Å². The Morgan fingerprint density at radius 2 is 2.12 bits per heavy atom. The van der Waals surface area contributed by atoms with Crippen LogP contribution >= 0.6 is 24.0 Å². The molecule has 7 heteroatoms. The highest BCUT2D eigenvalue weighted by Crippen LogP contribution is 2.31. The molecule has 132 valence electrons. The fraction of sp³-hybridized carbons (Fsp3) is 0.529. The number of para-hydroxylation sites is 1. The van der Waals surface area contributed by atoms with Gasteiger partial charge in [0.05, 0.1) is 16.6 Å². The minimum Gasteiger partial charge on any atom is -0.353 e. The number of hydrogen-bond acceptors (Lipinski definition) is 3. The van der Waals surface area contributed by atoms with E-state index < -0.39 is 0 Å². The predicted octanol–water partition coefficient (Wildman–Crippen LogP) is 2.23. The molecule has 2 aliphatic heterocycles. The number of rotatable bonds is 3. The first-order valence-electron chi connectivity index (χ1n) is 8.12. The van der Waals surface area contributed by atoms with Crippen LogP contribution in [-0.4, -0.2) is 37.5 Å². The number of benzene rings is 1. The maximum absolute atomic E-state index is 12.5. The molecule has 2 aliphatic rings. The Balaban J connectivity index is 0.00000208. The first-order chi connectivity index (χ1) is 11.1. The lowest BCUT2D eigenvalue weighted by Crippen LogP contribution is -2.50. The number of anilines is 1. The third-order valence-corrected chi connectivity index (χ3v) is 5.07. The van der Waals surface area contributed by atoms with E-state index >= 15 is 0 Å². The highest BCUT2D eigenvalue weighted by atomic mass is 35.5. The zero-order chi connectivity index (χ0) is 16.4. The molecular formula is C17H23Cl2N3O2. The molecule has 5 nitrogen and oxygen atoms in total. The molecule has 2 fully saturated rings. The van der Waals surface area contributed by atoms with Crippen molar-refractivity contribution in [1.82, 2.24) is 10.6 Å².